The lowest BCUT2D eigenvalue weighted by molar-refractivity contribution is -0.148. The van der Waals surface area contributed by atoms with Gasteiger partial charge in [-0.05, 0) is 44.5 Å². The van der Waals surface area contributed by atoms with Crippen molar-refractivity contribution in [2.24, 2.45) is 17.6 Å². The Labute approximate surface area is 226 Å². The van der Waals surface area contributed by atoms with Gasteiger partial charge in [-0.1, -0.05) is 11.6 Å². The van der Waals surface area contributed by atoms with Crippen LogP contribution in [0, 0.1) is 11.8 Å². The number of aliphatic hydroxyl groups excluding tert-OH is 2. The minimum absolute atomic E-state index is 0. The van der Waals surface area contributed by atoms with Crippen LogP contribution in [0.3, 0.4) is 0 Å². The molecule has 37 heavy (non-hydrogen) atoms. The standard InChI is InChI=1S/C23H23Cl2N3O8.ClH/c1-28(2)16-9-4-7-3-8-5-10(25)15(27-11(29)6-24)18(31)12(8)17(30)13(7)20(33)23(9,36)21(34)14(19(16)32)22(26)35;/h5,7,9,16,31-33,36H,3-4,6H2,1-2H3,(H2,26,35)(H,27,29);1H/t7?,9?,16-,23-;/m0./s1. The van der Waals surface area contributed by atoms with Crippen LogP contribution < -0.4 is 11.1 Å². The van der Waals surface area contributed by atoms with Gasteiger partial charge in [-0.25, -0.2) is 0 Å². The predicted molar refractivity (Wildman–Crippen MR) is 135 cm³/mol. The largest absolute Gasteiger partial charge is 0.510 e. The molecule has 0 spiro atoms. The quantitative estimate of drug-likeness (QED) is 0.175. The second kappa shape index (κ2) is 9.80. The highest BCUT2D eigenvalue weighted by atomic mass is 35.5. The molecule has 0 heterocycles. The highest BCUT2D eigenvalue weighted by Crippen LogP contribution is 2.53. The maximum Gasteiger partial charge on any atom is 0.255 e. The summed E-state index contributed by atoms with van der Waals surface area (Å²) in [5, 5.41) is 46.6. The van der Waals surface area contributed by atoms with E-state index in [0.717, 1.165) is 0 Å². The van der Waals surface area contributed by atoms with Crippen LogP contribution in [-0.4, -0.2) is 80.3 Å². The summed E-state index contributed by atoms with van der Waals surface area (Å²) in [5.74, 6) is -8.81. The van der Waals surface area contributed by atoms with E-state index in [9.17, 15) is 39.6 Å². The monoisotopic (exact) mass is 575 g/mol. The van der Waals surface area contributed by atoms with Crippen LogP contribution in [-0.2, 0) is 20.8 Å². The first-order valence-corrected chi connectivity index (χ1v) is 11.7. The molecule has 200 valence electrons. The fraction of sp³-hybridized carbons (Fsp3) is 0.391. The molecule has 7 N–H and O–H groups in total. The number of amides is 2. The number of hydrogen-bond donors (Lipinski definition) is 6. The number of phenolic OH excluding ortho intramolecular Hbond substituents is 1. The maximum atomic E-state index is 13.6. The zero-order valence-electron chi connectivity index (χ0n) is 19.5. The Morgan fingerprint density at radius 3 is 2.41 bits per heavy atom. The molecular weight excluding hydrogens is 553 g/mol. The molecule has 0 radical (unpaired) electrons. The summed E-state index contributed by atoms with van der Waals surface area (Å²) < 4.78 is 0. The molecule has 0 aromatic heterocycles. The molecule has 1 aromatic rings. The Morgan fingerprint density at radius 1 is 1.24 bits per heavy atom. The number of phenols is 1. The summed E-state index contributed by atoms with van der Waals surface area (Å²) in [6.45, 7) is 0. The third-order valence-corrected chi connectivity index (χ3v) is 7.59. The number of allylic oxidation sites excluding steroid dienone is 1. The molecule has 2 unspecified atom stereocenters. The molecule has 11 nitrogen and oxygen atoms in total. The lowest BCUT2D eigenvalue weighted by Gasteiger charge is -2.50. The summed E-state index contributed by atoms with van der Waals surface area (Å²) in [4.78, 5) is 52.0. The van der Waals surface area contributed by atoms with E-state index < -0.39 is 75.6 Å². The van der Waals surface area contributed by atoms with E-state index in [1.54, 1.807) is 14.1 Å². The van der Waals surface area contributed by atoms with Crippen molar-refractivity contribution in [1.29, 1.82) is 0 Å². The summed E-state index contributed by atoms with van der Waals surface area (Å²) in [6, 6.07) is 0.311. The number of hydrogen-bond acceptors (Lipinski definition) is 9. The van der Waals surface area contributed by atoms with Gasteiger partial charge in [-0.3, -0.25) is 24.1 Å². The molecule has 3 aliphatic rings. The highest BCUT2D eigenvalue weighted by molar-refractivity contribution is 6.36. The molecule has 3 aliphatic carbocycles. The first-order valence-electron chi connectivity index (χ1n) is 10.8. The fourth-order valence-corrected chi connectivity index (χ4v) is 5.90. The Kier molecular flexibility index (Phi) is 7.62. The average molecular weight is 577 g/mol. The van der Waals surface area contributed by atoms with E-state index in [-0.39, 0.29) is 47.1 Å². The van der Waals surface area contributed by atoms with Crippen molar-refractivity contribution in [3.63, 3.8) is 0 Å². The molecule has 1 aromatic carbocycles. The molecular formula is C23H24Cl3N3O8. The number of fused-ring (bicyclic) bond motifs is 3. The van der Waals surface area contributed by atoms with Crippen molar-refractivity contribution in [3.05, 3.63) is 44.9 Å². The average Bonchev–Trinajstić information content (AvgIpc) is 2.78. The number of nitrogens with zero attached hydrogens (tertiary/aromatic N) is 1. The first kappa shape index (κ1) is 28.7. The summed E-state index contributed by atoms with van der Waals surface area (Å²) in [5.41, 5.74) is 1.15. The van der Waals surface area contributed by atoms with E-state index in [0.29, 0.717) is 5.56 Å². The lowest BCUT2D eigenvalue weighted by Crippen LogP contribution is -2.63. The number of aromatic hydroxyl groups is 1. The van der Waals surface area contributed by atoms with Crippen LogP contribution in [0.2, 0.25) is 5.02 Å². The van der Waals surface area contributed by atoms with E-state index in [2.05, 4.69) is 5.32 Å². The minimum atomic E-state index is -2.73. The molecule has 4 rings (SSSR count). The zero-order chi connectivity index (χ0) is 26.9. The summed E-state index contributed by atoms with van der Waals surface area (Å²) in [6.07, 6.45) is 0.0282. The lowest BCUT2D eigenvalue weighted by atomic mass is 9.58. The van der Waals surface area contributed by atoms with Crippen LogP contribution in [0.1, 0.15) is 22.3 Å². The summed E-state index contributed by atoms with van der Waals surface area (Å²) in [7, 11) is 3.09. The number of halogens is 3. The number of likely N-dealkylation sites (N-methyl/N-ethyl adjacent to an activating group) is 1. The van der Waals surface area contributed by atoms with Crippen molar-refractivity contribution in [3.8, 4) is 5.75 Å². The van der Waals surface area contributed by atoms with E-state index >= 15 is 0 Å². The Balaban J connectivity index is 0.00000380. The van der Waals surface area contributed by atoms with Gasteiger partial charge in [0, 0.05) is 11.5 Å². The van der Waals surface area contributed by atoms with Crippen molar-refractivity contribution in [2.45, 2.75) is 24.5 Å². The van der Waals surface area contributed by atoms with Crippen molar-refractivity contribution >= 4 is 64.7 Å². The van der Waals surface area contributed by atoms with E-state index in [1.807, 2.05) is 0 Å². The Morgan fingerprint density at radius 2 is 1.86 bits per heavy atom. The van der Waals surface area contributed by atoms with Gasteiger partial charge in [0.15, 0.2) is 17.1 Å². The number of Topliss-reactive ketones (excluding diaryl/α,β-unsaturated/α-hetero) is 2. The number of primary amides is 1. The van der Waals surface area contributed by atoms with Gasteiger partial charge in [0.1, 0.15) is 28.7 Å². The molecule has 0 aliphatic heterocycles. The number of aliphatic hydroxyl groups is 3. The fourth-order valence-electron chi connectivity index (χ4n) is 5.56. The maximum absolute atomic E-state index is 13.6. The Hall–Kier alpha value is -2.83. The van der Waals surface area contributed by atoms with Crippen molar-refractivity contribution in [1.82, 2.24) is 4.90 Å². The molecule has 0 bridgehead atoms. The van der Waals surface area contributed by atoms with Gasteiger partial charge in [-0.15, -0.1) is 24.0 Å². The number of anilines is 1. The zero-order valence-corrected chi connectivity index (χ0v) is 21.9. The van der Waals surface area contributed by atoms with Crippen LogP contribution in [0.25, 0.3) is 0 Å². The van der Waals surface area contributed by atoms with Crippen LogP contribution in [0.4, 0.5) is 5.69 Å². The third kappa shape index (κ3) is 4.05. The van der Waals surface area contributed by atoms with Crippen molar-refractivity contribution < 1.29 is 39.6 Å². The molecule has 0 fully saturated rings. The van der Waals surface area contributed by atoms with Gasteiger partial charge < -0.3 is 31.5 Å². The molecule has 2 amide bonds. The number of carbonyl (C=O) groups excluding carboxylic acids is 4. The Bertz CT molecular complexity index is 1310. The molecule has 14 heteroatoms. The van der Waals surface area contributed by atoms with Gasteiger partial charge in [0.2, 0.25) is 11.7 Å². The topological polar surface area (TPSA) is 190 Å². The number of alkyl halides is 1. The van der Waals surface area contributed by atoms with Gasteiger partial charge in [0.05, 0.1) is 16.6 Å². The number of benzene rings is 1. The number of rotatable bonds is 4. The minimum Gasteiger partial charge on any atom is -0.510 e. The highest BCUT2D eigenvalue weighted by Gasteiger charge is 2.63. The van der Waals surface area contributed by atoms with Crippen molar-refractivity contribution in [2.75, 3.05) is 25.3 Å². The van der Waals surface area contributed by atoms with Gasteiger partial charge in [-0.2, -0.15) is 0 Å². The number of ketones is 2. The second-order valence-corrected chi connectivity index (χ2v) is 9.94. The predicted octanol–water partition coefficient (Wildman–Crippen LogP) is 1.37. The second-order valence-electron chi connectivity index (χ2n) is 9.26. The normalized spacial score (nSPS) is 26.8. The first-order chi connectivity index (χ1) is 16.8. The molecule has 0 saturated carbocycles. The smallest absolute Gasteiger partial charge is 0.255 e. The summed E-state index contributed by atoms with van der Waals surface area (Å²) >= 11 is 11.7. The molecule has 4 atom stereocenters. The van der Waals surface area contributed by atoms with Crippen LogP contribution in [0.15, 0.2) is 28.7 Å². The van der Waals surface area contributed by atoms with E-state index in [1.165, 1.54) is 11.0 Å². The number of carbonyl (C=O) groups is 4. The van der Waals surface area contributed by atoms with Gasteiger partial charge in [0.25, 0.3) is 5.91 Å². The number of nitrogens with one attached hydrogen (secondary N) is 1. The van der Waals surface area contributed by atoms with E-state index in [4.69, 9.17) is 28.9 Å². The SMILES string of the molecule is CN(C)[C@@H]1C(O)=C(C(N)=O)C(=O)[C@@]2(O)C(O)=C3C(=O)c4c(cc(Cl)c(NC(=O)CCl)c4O)CC3CC12.Cl. The van der Waals surface area contributed by atoms with Gasteiger partial charge >= 0.3 is 0 Å². The molecule has 0 saturated heterocycles. The van der Waals surface area contributed by atoms with Crippen LogP contribution >= 0.6 is 35.6 Å². The third-order valence-electron chi connectivity index (χ3n) is 7.05. The number of nitrogens with two attached hydrogens (primary N) is 1. The van der Waals surface area contributed by atoms with Crippen LogP contribution in [0.5, 0.6) is 5.75 Å².